The maximum Gasteiger partial charge on any atom is 0.244 e. The van der Waals surface area contributed by atoms with Crippen molar-refractivity contribution in [3.63, 3.8) is 0 Å². The van der Waals surface area contributed by atoms with Crippen LogP contribution in [-0.4, -0.2) is 57.6 Å². The number of sulfonamides is 1. The van der Waals surface area contributed by atoms with Gasteiger partial charge in [-0.1, -0.05) is 55.0 Å². The molecule has 0 radical (unpaired) electrons. The predicted octanol–water partition coefficient (Wildman–Crippen LogP) is 2.67. The van der Waals surface area contributed by atoms with E-state index >= 15 is 0 Å². The molecule has 0 aliphatic carbocycles. The molecule has 2 aromatic carbocycles. The second kappa shape index (κ2) is 11.1. The highest BCUT2D eigenvalue weighted by molar-refractivity contribution is 7.92. The van der Waals surface area contributed by atoms with E-state index in [9.17, 15) is 18.0 Å². The zero-order valence-corrected chi connectivity index (χ0v) is 20.3. The van der Waals surface area contributed by atoms with Gasteiger partial charge >= 0.3 is 0 Å². The van der Waals surface area contributed by atoms with Gasteiger partial charge in [-0.3, -0.25) is 13.9 Å². The Hall–Kier alpha value is -2.87. The third kappa shape index (κ3) is 6.56. The number of aryl methyl sites for hydroxylation is 2. The molecular formula is C24H33N3O4S. The van der Waals surface area contributed by atoms with Crippen molar-refractivity contribution in [1.29, 1.82) is 0 Å². The molecule has 1 N–H and O–H groups in total. The molecule has 2 amide bonds. The van der Waals surface area contributed by atoms with Crippen molar-refractivity contribution in [2.75, 3.05) is 30.7 Å². The van der Waals surface area contributed by atoms with Crippen molar-refractivity contribution in [1.82, 2.24) is 10.2 Å². The first-order chi connectivity index (χ1) is 15.1. The van der Waals surface area contributed by atoms with Crippen LogP contribution in [0.3, 0.4) is 0 Å². The molecule has 0 heterocycles. The van der Waals surface area contributed by atoms with Gasteiger partial charge in [0.25, 0.3) is 0 Å². The summed E-state index contributed by atoms with van der Waals surface area (Å²) in [6.07, 6.45) is 2.06. The van der Waals surface area contributed by atoms with Gasteiger partial charge in [-0.25, -0.2) is 8.42 Å². The molecule has 32 heavy (non-hydrogen) atoms. The first kappa shape index (κ1) is 25.4. The second-order valence-corrected chi connectivity index (χ2v) is 9.83. The first-order valence-electron chi connectivity index (χ1n) is 10.7. The minimum atomic E-state index is -3.72. The number of nitrogens with zero attached hydrogens (tertiary/aromatic N) is 2. The third-order valence-corrected chi connectivity index (χ3v) is 6.54. The average Bonchev–Trinajstić information content (AvgIpc) is 2.74. The molecule has 2 rings (SSSR count). The van der Waals surface area contributed by atoms with E-state index in [1.165, 1.54) is 11.9 Å². The van der Waals surface area contributed by atoms with Gasteiger partial charge in [-0.2, -0.15) is 0 Å². The Balaban J connectivity index is 2.37. The van der Waals surface area contributed by atoms with Crippen LogP contribution in [0.1, 0.15) is 30.0 Å². The molecule has 0 bridgehead atoms. The summed E-state index contributed by atoms with van der Waals surface area (Å²) in [5.41, 5.74) is 3.26. The Labute approximate surface area is 191 Å². The lowest BCUT2D eigenvalue weighted by Crippen LogP contribution is -2.52. The predicted molar refractivity (Wildman–Crippen MR) is 128 cm³/mol. The van der Waals surface area contributed by atoms with E-state index in [2.05, 4.69) is 5.32 Å². The molecule has 174 valence electrons. The van der Waals surface area contributed by atoms with Gasteiger partial charge in [0.2, 0.25) is 21.8 Å². The Morgan fingerprint density at radius 1 is 1.06 bits per heavy atom. The fraction of sp³-hybridized carbons (Fsp3) is 0.417. The van der Waals surface area contributed by atoms with E-state index in [1.807, 2.05) is 63.2 Å². The molecule has 2 aromatic rings. The summed E-state index contributed by atoms with van der Waals surface area (Å²) < 4.78 is 26.3. The van der Waals surface area contributed by atoms with E-state index in [4.69, 9.17) is 0 Å². The number of hydrogen-bond acceptors (Lipinski definition) is 4. The summed E-state index contributed by atoms with van der Waals surface area (Å²) in [6, 6.07) is 14.4. The average molecular weight is 460 g/mol. The highest BCUT2D eigenvalue weighted by Crippen LogP contribution is 2.24. The van der Waals surface area contributed by atoms with Gasteiger partial charge in [-0.15, -0.1) is 0 Å². The second-order valence-electron chi connectivity index (χ2n) is 7.92. The lowest BCUT2D eigenvalue weighted by Gasteiger charge is -2.33. The topological polar surface area (TPSA) is 86.8 Å². The molecule has 0 aliphatic heterocycles. The fourth-order valence-corrected chi connectivity index (χ4v) is 4.65. The zero-order chi connectivity index (χ0) is 23.9. The maximum atomic E-state index is 13.4. The van der Waals surface area contributed by atoms with Crippen LogP contribution < -0.4 is 9.62 Å². The smallest absolute Gasteiger partial charge is 0.244 e. The lowest BCUT2D eigenvalue weighted by molar-refractivity contribution is -0.139. The maximum absolute atomic E-state index is 13.4. The monoisotopic (exact) mass is 459 g/mol. The normalized spacial score (nSPS) is 12.2. The van der Waals surface area contributed by atoms with Crippen LogP contribution in [0.4, 0.5) is 5.69 Å². The first-order valence-corrected chi connectivity index (χ1v) is 12.5. The molecule has 0 aliphatic rings. The molecule has 0 unspecified atom stereocenters. The summed E-state index contributed by atoms with van der Waals surface area (Å²) >= 11 is 0. The number of anilines is 1. The third-order valence-electron chi connectivity index (χ3n) is 5.42. The molecule has 0 aromatic heterocycles. The number of carbonyl (C=O) groups is 2. The van der Waals surface area contributed by atoms with Crippen molar-refractivity contribution in [3.8, 4) is 0 Å². The number of amides is 2. The lowest BCUT2D eigenvalue weighted by atomic mass is 10.1. The van der Waals surface area contributed by atoms with E-state index in [0.717, 1.165) is 27.3 Å². The number of rotatable bonds is 10. The van der Waals surface area contributed by atoms with E-state index in [-0.39, 0.29) is 12.5 Å². The van der Waals surface area contributed by atoms with E-state index < -0.39 is 22.0 Å². The van der Waals surface area contributed by atoms with Crippen LogP contribution in [0.25, 0.3) is 0 Å². The molecule has 0 saturated carbocycles. The van der Waals surface area contributed by atoms with Crippen LogP contribution in [0.15, 0.2) is 48.5 Å². The van der Waals surface area contributed by atoms with Crippen LogP contribution >= 0.6 is 0 Å². The van der Waals surface area contributed by atoms with Gasteiger partial charge < -0.3 is 10.2 Å². The number of benzene rings is 2. The zero-order valence-electron chi connectivity index (χ0n) is 19.5. The Bertz CT molecular complexity index is 1040. The largest absolute Gasteiger partial charge is 0.357 e. The Kier molecular flexibility index (Phi) is 8.83. The van der Waals surface area contributed by atoms with Gasteiger partial charge in [0.05, 0.1) is 11.9 Å². The van der Waals surface area contributed by atoms with Crippen molar-refractivity contribution >= 4 is 27.5 Å². The molecule has 0 fully saturated rings. The Morgan fingerprint density at radius 3 is 2.25 bits per heavy atom. The van der Waals surface area contributed by atoms with E-state index in [0.29, 0.717) is 25.1 Å². The van der Waals surface area contributed by atoms with Crippen molar-refractivity contribution in [3.05, 3.63) is 65.2 Å². The summed E-state index contributed by atoms with van der Waals surface area (Å²) in [5, 5.41) is 2.62. The van der Waals surface area contributed by atoms with Crippen molar-refractivity contribution in [2.45, 2.75) is 39.7 Å². The quantitative estimate of drug-likeness (QED) is 0.592. The SMILES string of the molecule is CC[C@H](C(=O)NC)N(CCc1ccccc1)C(=O)CN(c1ccc(C)cc1C)S(C)(=O)=O. The minimum absolute atomic E-state index is 0.272. The van der Waals surface area contributed by atoms with Crippen LogP contribution in [0.5, 0.6) is 0 Å². The highest BCUT2D eigenvalue weighted by atomic mass is 32.2. The number of hydrogen-bond donors (Lipinski definition) is 1. The summed E-state index contributed by atoms with van der Waals surface area (Å²) in [5.74, 6) is -0.687. The van der Waals surface area contributed by atoms with E-state index in [1.54, 1.807) is 6.07 Å². The van der Waals surface area contributed by atoms with Gasteiger partial charge in [0, 0.05) is 13.6 Å². The molecule has 0 spiro atoms. The standard InChI is InChI=1S/C24H33N3O4S/c1-6-21(24(29)25-4)26(15-14-20-10-8-7-9-11-20)23(28)17-27(32(5,30)31)22-13-12-18(2)16-19(22)3/h7-13,16,21H,6,14-15,17H2,1-5H3,(H,25,29)/t21-/m1/s1. The van der Waals surface area contributed by atoms with Crippen LogP contribution in [-0.2, 0) is 26.0 Å². The van der Waals surface area contributed by atoms with Crippen molar-refractivity contribution in [2.24, 2.45) is 0 Å². The highest BCUT2D eigenvalue weighted by Gasteiger charge is 2.31. The number of likely N-dealkylation sites (N-methyl/N-ethyl adjacent to an activating group) is 1. The summed E-state index contributed by atoms with van der Waals surface area (Å²) in [7, 11) is -2.19. The van der Waals surface area contributed by atoms with Gasteiger partial charge in [0.1, 0.15) is 12.6 Å². The van der Waals surface area contributed by atoms with Crippen molar-refractivity contribution < 1.29 is 18.0 Å². The summed E-state index contributed by atoms with van der Waals surface area (Å²) in [6.45, 7) is 5.51. The Morgan fingerprint density at radius 2 is 1.72 bits per heavy atom. The molecule has 1 atom stereocenters. The fourth-order valence-electron chi connectivity index (χ4n) is 3.74. The molecule has 8 heteroatoms. The minimum Gasteiger partial charge on any atom is -0.357 e. The molecule has 7 nitrogen and oxygen atoms in total. The van der Waals surface area contributed by atoms with Gasteiger partial charge in [0.15, 0.2) is 0 Å². The summed E-state index contributed by atoms with van der Waals surface area (Å²) in [4.78, 5) is 27.4. The molecule has 0 saturated heterocycles. The number of carbonyl (C=O) groups excluding carboxylic acids is 2. The number of nitrogens with one attached hydrogen (secondary N) is 1. The molecular weight excluding hydrogens is 426 g/mol. The van der Waals surface area contributed by atoms with Crippen LogP contribution in [0.2, 0.25) is 0 Å². The van der Waals surface area contributed by atoms with Crippen LogP contribution in [0, 0.1) is 13.8 Å². The van der Waals surface area contributed by atoms with Gasteiger partial charge in [-0.05, 0) is 43.9 Å².